The number of aromatic carboxylic acids is 1. The fraction of sp³-hybridized carbons (Fsp3) is 0.312. The number of carboxylic acid groups (broad SMARTS) is 1. The summed E-state index contributed by atoms with van der Waals surface area (Å²) in [4.78, 5) is 25.0. The Morgan fingerprint density at radius 2 is 2.22 bits per heavy atom. The molecule has 7 heteroatoms. The second kappa shape index (κ2) is 6.21. The molecule has 0 amide bonds. The van der Waals surface area contributed by atoms with Crippen molar-refractivity contribution in [2.45, 2.75) is 6.42 Å². The third kappa shape index (κ3) is 3.09. The Kier molecular flexibility index (Phi) is 4.12. The zero-order valence-corrected chi connectivity index (χ0v) is 13.1. The van der Waals surface area contributed by atoms with Crippen LogP contribution < -0.4 is 5.32 Å². The Morgan fingerprint density at radius 1 is 1.39 bits per heavy atom. The van der Waals surface area contributed by atoms with Crippen molar-refractivity contribution in [1.29, 1.82) is 0 Å². The molecule has 3 heterocycles. The molecule has 3 aromatic rings. The van der Waals surface area contributed by atoms with E-state index in [1.165, 1.54) is 0 Å². The number of carbonyl (C=O) groups is 1. The first-order valence-corrected chi connectivity index (χ1v) is 7.44. The summed E-state index contributed by atoms with van der Waals surface area (Å²) in [6.07, 6.45) is 4.36. The van der Waals surface area contributed by atoms with Crippen LogP contribution in [0.1, 0.15) is 16.9 Å². The standard InChI is InChI=1S/C16H19N5O2/c1-21(2)7-3-5-18-15-14-10(8-13(19-14)16(22)23)11-9-17-6-4-12(11)20-15/h4,6,8-9,19H,3,5,7H2,1-2H3,(H,18,20)(H,22,23). The lowest BCUT2D eigenvalue weighted by Gasteiger charge is -2.11. The minimum Gasteiger partial charge on any atom is -0.477 e. The summed E-state index contributed by atoms with van der Waals surface area (Å²) in [6, 6.07) is 3.46. The normalized spacial score (nSPS) is 11.4. The molecule has 3 aromatic heterocycles. The van der Waals surface area contributed by atoms with Crippen molar-refractivity contribution >= 4 is 33.6 Å². The van der Waals surface area contributed by atoms with Crippen molar-refractivity contribution in [3.63, 3.8) is 0 Å². The van der Waals surface area contributed by atoms with Gasteiger partial charge in [0.25, 0.3) is 0 Å². The van der Waals surface area contributed by atoms with Gasteiger partial charge in [-0.2, -0.15) is 0 Å². The molecule has 7 nitrogen and oxygen atoms in total. The summed E-state index contributed by atoms with van der Waals surface area (Å²) in [5.74, 6) is -0.318. The van der Waals surface area contributed by atoms with Gasteiger partial charge in [-0.15, -0.1) is 0 Å². The highest BCUT2D eigenvalue weighted by Gasteiger charge is 2.14. The fourth-order valence-corrected chi connectivity index (χ4v) is 2.57. The number of fused-ring (bicyclic) bond motifs is 3. The van der Waals surface area contributed by atoms with E-state index in [1.54, 1.807) is 18.5 Å². The van der Waals surface area contributed by atoms with E-state index >= 15 is 0 Å². The number of hydrogen-bond acceptors (Lipinski definition) is 5. The van der Waals surface area contributed by atoms with Crippen LogP contribution in [0, 0.1) is 0 Å². The molecule has 0 aliphatic carbocycles. The van der Waals surface area contributed by atoms with Crippen molar-refractivity contribution in [3.8, 4) is 0 Å². The summed E-state index contributed by atoms with van der Waals surface area (Å²) >= 11 is 0. The molecular weight excluding hydrogens is 294 g/mol. The number of aromatic amines is 1. The van der Waals surface area contributed by atoms with Crippen LogP contribution in [-0.2, 0) is 0 Å². The molecule has 0 aliphatic rings. The maximum atomic E-state index is 11.3. The lowest BCUT2D eigenvalue weighted by Crippen LogP contribution is -2.16. The zero-order chi connectivity index (χ0) is 16.4. The van der Waals surface area contributed by atoms with Crippen LogP contribution in [0.25, 0.3) is 21.8 Å². The average Bonchev–Trinajstić information content (AvgIpc) is 2.97. The minimum atomic E-state index is -0.989. The van der Waals surface area contributed by atoms with Gasteiger partial charge in [-0.1, -0.05) is 0 Å². The Bertz CT molecular complexity index is 856. The van der Waals surface area contributed by atoms with Gasteiger partial charge in [-0.25, -0.2) is 9.78 Å². The number of rotatable bonds is 6. The summed E-state index contributed by atoms with van der Waals surface area (Å²) in [5.41, 5.74) is 1.64. The quantitative estimate of drug-likeness (QED) is 0.604. The van der Waals surface area contributed by atoms with Crippen LogP contribution in [0.15, 0.2) is 24.5 Å². The van der Waals surface area contributed by atoms with Gasteiger partial charge < -0.3 is 20.3 Å². The molecule has 3 rings (SSSR count). The SMILES string of the molecule is CN(C)CCCNc1nc2ccncc2c2cc(C(=O)O)[nH]c12. The van der Waals surface area contributed by atoms with E-state index in [0.29, 0.717) is 11.3 Å². The predicted octanol–water partition coefficient (Wildman–Crippen LogP) is 2.17. The monoisotopic (exact) mass is 313 g/mol. The molecule has 0 atom stereocenters. The highest BCUT2D eigenvalue weighted by molar-refractivity contribution is 6.11. The Balaban J connectivity index is 2.02. The van der Waals surface area contributed by atoms with Gasteiger partial charge in [0, 0.05) is 29.7 Å². The second-order valence-electron chi connectivity index (χ2n) is 5.71. The van der Waals surface area contributed by atoms with E-state index in [9.17, 15) is 9.90 Å². The van der Waals surface area contributed by atoms with Gasteiger partial charge in [0.2, 0.25) is 0 Å². The first-order chi connectivity index (χ1) is 11.1. The number of aromatic nitrogens is 3. The van der Waals surface area contributed by atoms with Gasteiger partial charge in [-0.05, 0) is 39.2 Å². The van der Waals surface area contributed by atoms with Crippen molar-refractivity contribution in [3.05, 3.63) is 30.2 Å². The molecule has 0 aromatic carbocycles. The van der Waals surface area contributed by atoms with Crippen LogP contribution >= 0.6 is 0 Å². The molecule has 0 unspecified atom stereocenters. The Morgan fingerprint density at radius 3 is 2.96 bits per heavy atom. The summed E-state index contributed by atoms with van der Waals surface area (Å²) < 4.78 is 0. The van der Waals surface area contributed by atoms with Crippen LogP contribution in [-0.4, -0.2) is 58.1 Å². The topological polar surface area (TPSA) is 94.1 Å². The largest absolute Gasteiger partial charge is 0.477 e. The number of nitrogens with zero attached hydrogens (tertiary/aromatic N) is 3. The van der Waals surface area contributed by atoms with E-state index < -0.39 is 5.97 Å². The summed E-state index contributed by atoms with van der Waals surface area (Å²) in [5, 5.41) is 14.2. The molecule has 23 heavy (non-hydrogen) atoms. The maximum absolute atomic E-state index is 11.3. The molecule has 0 spiro atoms. The van der Waals surface area contributed by atoms with Gasteiger partial charge in [0.05, 0.1) is 11.0 Å². The number of H-pyrrole nitrogens is 1. The summed E-state index contributed by atoms with van der Waals surface area (Å²) in [7, 11) is 4.06. The van der Waals surface area contributed by atoms with Crippen molar-refractivity contribution in [2.24, 2.45) is 0 Å². The average molecular weight is 313 g/mol. The first-order valence-electron chi connectivity index (χ1n) is 7.44. The molecule has 0 saturated heterocycles. The molecule has 0 aliphatic heterocycles. The minimum absolute atomic E-state index is 0.148. The number of pyridine rings is 2. The molecule has 0 bridgehead atoms. The predicted molar refractivity (Wildman–Crippen MR) is 90.0 cm³/mol. The van der Waals surface area contributed by atoms with E-state index in [0.717, 1.165) is 35.8 Å². The third-order valence-corrected chi connectivity index (χ3v) is 3.68. The Labute approximate surface area is 133 Å². The maximum Gasteiger partial charge on any atom is 0.352 e. The van der Waals surface area contributed by atoms with Crippen LogP contribution in [0.5, 0.6) is 0 Å². The van der Waals surface area contributed by atoms with Crippen molar-refractivity contribution in [1.82, 2.24) is 19.9 Å². The zero-order valence-electron chi connectivity index (χ0n) is 13.1. The van der Waals surface area contributed by atoms with Gasteiger partial charge in [0.1, 0.15) is 5.69 Å². The number of carboxylic acids is 1. The third-order valence-electron chi connectivity index (χ3n) is 3.68. The highest BCUT2D eigenvalue weighted by Crippen LogP contribution is 2.29. The van der Waals surface area contributed by atoms with Crippen molar-refractivity contribution < 1.29 is 9.90 Å². The fourth-order valence-electron chi connectivity index (χ4n) is 2.57. The molecule has 120 valence electrons. The molecular formula is C16H19N5O2. The summed E-state index contributed by atoms with van der Waals surface area (Å²) in [6.45, 7) is 1.73. The number of nitrogens with one attached hydrogen (secondary N) is 2. The lowest BCUT2D eigenvalue weighted by molar-refractivity contribution is 0.0691. The smallest absolute Gasteiger partial charge is 0.352 e. The molecule has 0 fully saturated rings. The highest BCUT2D eigenvalue weighted by atomic mass is 16.4. The van der Waals surface area contributed by atoms with Crippen LogP contribution in [0.2, 0.25) is 0 Å². The van der Waals surface area contributed by atoms with E-state index in [1.807, 2.05) is 20.2 Å². The number of hydrogen-bond donors (Lipinski definition) is 3. The Hall–Kier alpha value is -2.67. The van der Waals surface area contributed by atoms with E-state index in [4.69, 9.17) is 0 Å². The van der Waals surface area contributed by atoms with Crippen LogP contribution in [0.3, 0.4) is 0 Å². The number of anilines is 1. The van der Waals surface area contributed by atoms with Crippen molar-refractivity contribution in [2.75, 3.05) is 32.5 Å². The first kappa shape index (κ1) is 15.2. The van der Waals surface area contributed by atoms with Gasteiger partial charge >= 0.3 is 5.97 Å². The molecule has 0 radical (unpaired) electrons. The second-order valence-corrected chi connectivity index (χ2v) is 5.71. The van der Waals surface area contributed by atoms with E-state index in [-0.39, 0.29) is 5.69 Å². The van der Waals surface area contributed by atoms with Gasteiger partial charge in [0.15, 0.2) is 5.82 Å². The van der Waals surface area contributed by atoms with Gasteiger partial charge in [-0.3, -0.25) is 4.98 Å². The molecule has 0 saturated carbocycles. The lowest BCUT2D eigenvalue weighted by atomic mass is 10.2. The van der Waals surface area contributed by atoms with Crippen LogP contribution in [0.4, 0.5) is 5.82 Å². The van der Waals surface area contributed by atoms with E-state index in [2.05, 4.69) is 25.2 Å². The molecule has 3 N–H and O–H groups in total.